The number of anilines is 2. The van der Waals surface area contributed by atoms with Crippen molar-refractivity contribution in [1.82, 2.24) is 24.7 Å². The molecule has 1 fully saturated rings. The number of hydrogen-bond acceptors (Lipinski definition) is 9. The van der Waals surface area contributed by atoms with E-state index < -0.39 is 0 Å². The minimum absolute atomic E-state index is 0.281. The molecule has 1 aliphatic rings. The average molecular weight is 388 g/mol. The molecule has 1 saturated heterocycles. The van der Waals surface area contributed by atoms with Crippen LogP contribution in [0.1, 0.15) is 24.0 Å². The summed E-state index contributed by atoms with van der Waals surface area (Å²) in [5.74, 6) is 2.17. The van der Waals surface area contributed by atoms with Crippen LogP contribution in [0.4, 0.5) is 23.1 Å². The fourth-order valence-electron chi connectivity index (χ4n) is 3.21. The minimum Gasteiger partial charge on any atom is -0.373 e. The number of nitrogens with one attached hydrogen (secondary N) is 1. The number of aryl methyl sites for hydroxylation is 1. The normalized spacial score (nSPS) is 13.8. The van der Waals surface area contributed by atoms with Gasteiger partial charge in [-0.15, -0.1) is 10.2 Å². The Bertz CT molecular complexity index is 1070. The van der Waals surface area contributed by atoms with Gasteiger partial charge in [0.15, 0.2) is 11.6 Å². The highest BCUT2D eigenvalue weighted by atomic mass is 15.4. The van der Waals surface area contributed by atoms with Gasteiger partial charge in [0, 0.05) is 32.5 Å². The average Bonchev–Trinajstić information content (AvgIpc) is 3.43. The van der Waals surface area contributed by atoms with Crippen molar-refractivity contribution >= 4 is 23.1 Å². The van der Waals surface area contributed by atoms with E-state index in [2.05, 4.69) is 41.6 Å². The van der Waals surface area contributed by atoms with Crippen molar-refractivity contribution in [2.24, 2.45) is 10.2 Å². The van der Waals surface area contributed by atoms with Gasteiger partial charge in [0.1, 0.15) is 23.1 Å². The van der Waals surface area contributed by atoms with Crippen LogP contribution in [0.2, 0.25) is 0 Å². The minimum atomic E-state index is 0.281. The zero-order valence-corrected chi connectivity index (χ0v) is 16.2. The van der Waals surface area contributed by atoms with Gasteiger partial charge in [-0.25, -0.2) is 15.0 Å². The van der Waals surface area contributed by atoms with E-state index in [-0.39, 0.29) is 5.82 Å². The molecule has 3 aromatic rings. The van der Waals surface area contributed by atoms with Crippen molar-refractivity contribution in [3.63, 3.8) is 0 Å². The molecule has 4 rings (SSSR count). The Morgan fingerprint density at radius 1 is 1.17 bits per heavy atom. The molecule has 146 valence electrons. The fourth-order valence-corrected chi connectivity index (χ4v) is 3.21. The number of aromatic nitrogens is 5. The summed E-state index contributed by atoms with van der Waals surface area (Å²) < 4.78 is 1.41. The van der Waals surface area contributed by atoms with Gasteiger partial charge in [-0.05, 0) is 37.5 Å². The molecule has 29 heavy (non-hydrogen) atoms. The maximum absolute atomic E-state index is 9.45. The largest absolute Gasteiger partial charge is 0.373 e. The first-order valence-corrected chi connectivity index (χ1v) is 9.33. The number of rotatable bonds is 5. The molecule has 0 aliphatic carbocycles. The smallest absolute Gasteiger partial charge is 0.252 e. The fraction of sp³-hybridized carbons (Fsp3) is 0.316. The zero-order chi connectivity index (χ0) is 20.2. The molecule has 0 amide bonds. The van der Waals surface area contributed by atoms with E-state index in [4.69, 9.17) is 4.98 Å². The molecule has 1 N–H and O–H groups in total. The molecule has 1 aliphatic heterocycles. The van der Waals surface area contributed by atoms with Gasteiger partial charge in [-0.2, -0.15) is 15.0 Å². The lowest BCUT2D eigenvalue weighted by atomic mass is 10.2. The molecule has 0 unspecified atom stereocenters. The van der Waals surface area contributed by atoms with Gasteiger partial charge in [0.05, 0.1) is 6.20 Å². The first-order chi connectivity index (χ1) is 14.2. The summed E-state index contributed by atoms with van der Waals surface area (Å²) >= 11 is 0. The van der Waals surface area contributed by atoms with E-state index in [9.17, 15) is 5.26 Å². The third-order valence-electron chi connectivity index (χ3n) is 4.68. The summed E-state index contributed by atoms with van der Waals surface area (Å²) in [6, 6.07) is 5.73. The highest BCUT2D eigenvalue weighted by Crippen LogP contribution is 2.36. The molecule has 0 radical (unpaired) electrons. The van der Waals surface area contributed by atoms with Crippen molar-refractivity contribution in [2.45, 2.75) is 19.8 Å². The van der Waals surface area contributed by atoms with Crippen LogP contribution >= 0.6 is 0 Å². The third kappa shape index (κ3) is 3.62. The van der Waals surface area contributed by atoms with Gasteiger partial charge in [-0.3, -0.25) is 0 Å². The molecule has 0 aromatic carbocycles. The first kappa shape index (κ1) is 18.5. The van der Waals surface area contributed by atoms with Crippen LogP contribution in [0.5, 0.6) is 0 Å². The summed E-state index contributed by atoms with van der Waals surface area (Å²) in [6.45, 7) is 3.84. The second kappa shape index (κ2) is 8.02. The lowest BCUT2D eigenvalue weighted by Crippen LogP contribution is -2.19. The van der Waals surface area contributed by atoms with Gasteiger partial charge in [0.2, 0.25) is 0 Å². The van der Waals surface area contributed by atoms with E-state index in [0.717, 1.165) is 43.1 Å². The summed E-state index contributed by atoms with van der Waals surface area (Å²) in [4.78, 5) is 15.3. The highest BCUT2D eigenvalue weighted by molar-refractivity contribution is 5.69. The Kier molecular flexibility index (Phi) is 5.11. The van der Waals surface area contributed by atoms with Crippen molar-refractivity contribution in [1.29, 1.82) is 5.26 Å². The Morgan fingerprint density at radius 2 is 1.93 bits per heavy atom. The zero-order valence-electron chi connectivity index (χ0n) is 16.2. The standard InChI is InChI=1S/C19H20N10/c1-13-10-15(21-2)25-18(28-8-3-4-9-28)16(13)26-27-17-14(11-20)12-24-29(17)19-22-6-5-7-23-19/h5-7,10,12H,3-4,8-9H2,1-2H3,(H,21,25). The molecule has 0 atom stereocenters. The van der Waals surface area contributed by atoms with Crippen LogP contribution < -0.4 is 10.2 Å². The van der Waals surface area contributed by atoms with Gasteiger partial charge in [-0.1, -0.05) is 0 Å². The monoisotopic (exact) mass is 388 g/mol. The lowest BCUT2D eigenvalue weighted by molar-refractivity contribution is 0.802. The molecule has 0 spiro atoms. The maximum Gasteiger partial charge on any atom is 0.252 e. The number of nitriles is 1. The second-order valence-electron chi connectivity index (χ2n) is 6.60. The van der Waals surface area contributed by atoms with Crippen LogP contribution in [0.25, 0.3) is 5.95 Å². The molecular weight excluding hydrogens is 368 g/mol. The molecule has 3 aromatic heterocycles. The third-order valence-corrected chi connectivity index (χ3v) is 4.68. The van der Waals surface area contributed by atoms with Crippen LogP contribution in [0.15, 0.2) is 41.0 Å². The van der Waals surface area contributed by atoms with E-state index in [1.54, 1.807) is 18.5 Å². The highest BCUT2D eigenvalue weighted by Gasteiger charge is 2.21. The number of azo groups is 1. The Labute approximate surface area is 168 Å². The number of hydrogen-bond donors (Lipinski definition) is 1. The molecule has 0 saturated carbocycles. The van der Waals surface area contributed by atoms with Gasteiger partial charge in [0.25, 0.3) is 5.95 Å². The van der Waals surface area contributed by atoms with E-state index >= 15 is 0 Å². The topological polar surface area (TPSA) is 120 Å². The SMILES string of the molecule is CNc1cc(C)c(N=Nc2c(C#N)cnn2-c2ncccn2)c(N2CCCC2)n1. The molecule has 10 nitrogen and oxygen atoms in total. The predicted octanol–water partition coefficient (Wildman–Crippen LogP) is 3.29. The lowest BCUT2D eigenvalue weighted by Gasteiger charge is -2.20. The van der Waals surface area contributed by atoms with Crippen LogP contribution in [-0.4, -0.2) is 44.9 Å². The summed E-state index contributed by atoms with van der Waals surface area (Å²) in [7, 11) is 1.84. The van der Waals surface area contributed by atoms with Crippen molar-refractivity contribution < 1.29 is 0 Å². The van der Waals surface area contributed by atoms with Gasteiger partial charge < -0.3 is 10.2 Å². The van der Waals surface area contributed by atoms with Crippen molar-refractivity contribution in [3.8, 4) is 12.0 Å². The van der Waals surface area contributed by atoms with Crippen LogP contribution in [0, 0.1) is 18.3 Å². The van der Waals surface area contributed by atoms with E-state index in [0.29, 0.717) is 17.2 Å². The predicted molar refractivity (Wildman–Crippen MR) is 108 cm³/mol. The van der Waals surface area contributed by atoms with E-state index in [1.807, 2.05) is 20.0 Å². The van der Waals surface area contributed by atoms with Crippen LogP contribution in [-0.2, 0) is 0 Å². The van der Waals surface area contributed by atoms with Gasteiger partial charge >= 0.3 is 0 Å². The van der Waals surface area contributed by atoms with Crippen LogP contribution in [0.3, 0.4) is 0 Å². The molecular formula is C19H20N10. The number of pyridine rings is 1. The van der Waals surface area contributed by atoms with Crippen molar-refractivity contribution in [2.75, 3.05) is 30.4 Å². The summed E-state index contributed by atoms with van der Waals surface area (Å²) in [5.41, 5.74) is 1.91. The van der Waals surface area contributed by atoms with E-state index in [1.165, 1.54) is 10.9 Å². The Balaban J connectivity index is 1.79. The Hall–Kier alpha value is -3.87. The molecule has 4 heterocycles. The summed E-state index contributed by atoms with van der Waals surface area (Å²) in [5, 5.41) is 25.6. The maximum atomic E-state index is 9.45. The summed E-state index contributed by atoms with van der Waals surface area (Å²) in [6.07, 6.45) is 6.89. The molecule has 0 bridgehead atoms. The molecule has 10 heteroatoms. The Morgan fingerprint density at radius 3 is 2.62 bits per heavy atom. The quantitative estimate of drug-likeness (QED) is 0.666. The number of nitrogens with zero attached hydrogens (tertiary/aromatic N) is 9. The second-order valence-corrected chi connectivity index (χ2v) is 6.60. The van der Waals surface area contributed by atoms with Crippen molar-refractivity contribution in [3.05, 3.63) is 41.9 Å². The first-order valence-electron chi connectivity index (χ1n) is 9.33.